The predicted molar refractivity (Wildman–Crippen MR) is 94.6 cm³/mol. The van der Waals surface area contributed by atoms with Crippen LogP contribution < -0.4 is 10.6 Å². The monoisotopic (exact) mass is 337 g/mol. The molecule has 7 heteroatoms. The molecule has 0 atom stereocenters. The average Bonchev–Trinajstić information content (AvgIpc) is 2.96. The zero-order valence-electron chi connectivity index (χ0n) is 14.4. The van der Waals surface area contributed by atoms with E-state index in [4.69, 9.17) is 0 Å². The summed E-state index contributed by atoms with van der Waals surface area (Å²) >= 11 is 1.69. The van der Waals surface area contributed by atoms with Crippen molar-refractivity contribution < 1.29 is 4.79 Å². The molecule has 2 heterocycles. The van der Waals surface area contributed by atoms with E-state index in [9.17, 15) is 4.79 Å². The van der Waals surface area contributed by atoms with Crippen molar-refractivity contribution in [3.63, 3.8) is 0 Å². The maximum Gasteiger partial charge on any atom is 0.225 e. The number of aliphatic imine (C=N–C) groups is 1. The summed E-state index contributed by atoms with van der Waals surface area (Å²) in [4.78, 5) is 23.8. The fourth-order valence-electron chi connectivity index (χ4n) is 2.64. The molecule has 23 heavy (non-hydrogen) atoms. The molecule has 1 aliphatic heterocycles. The molecule has 0 saturated carbocycles. The second-order valence-electron chi connectivity index (χ2n) is 6.19. The van der Waals surface area contributed by atoms with Gasteiger partial charge in [-0.15, -0.1) is 11.3 Å². The summed E-state index contributed by atoms with van der Waals surface area (Å²) in [7, 11) is 1.78. The van der Waals surface area contributed by atoms with Crippen molar-refractivity contribution in [1.29, 1.82) is 0 Å². The van der Waals surface area contributed by atoms with Crippen molar-refractivity contribution in [2.45, 2.75) is 46.2 Å². The second kappa shape index (κ2) is 8.29. The Balaban J connectivity index is 1.76. The maximum absolute atomic E-state index is 12.0. The molecule has 128 valence electrons. The van der Waals surface area contributed by atoms with Crippen LogP contribution in [0.2, 0.25) is 0 Å². The van der Waals surface area contributed by atoms with Crippen molar-refractivity contribution in [3.05, 3.63) is 16.1 Å². The zero-order chi connectivity index (χ0) is 16.8. The molecule has 1 fully saturated rings. The van der Waals surface area contributed by atoms with Crippen LogP contribution in [-0.4, -0.2) is 47.9 Å². The Labute approximate surface area is 142 Å². The van der Waals surface area contributed by atoms with Crippen molar-refractivity contribution in [3.8, 4) is 0 Å². The minimum atomic E-state index is 0.0793. The van der Waals surface area contributed by atoms with Crippen LogP contribution in [0, 0.1) is 12.8 Å². The smallest absolute Gasteiger partial charge is 0.225 e. The number of hydrogen-bond acceptors (Lipinski definition) is 4. The first-order valence-corrected chi connectivity index (χ1v) is 8.98. The fourth-order valence-corrected chi connectivity index (χ4v) is 3.37. The van der Waals surface area contributed by atoms with E-state index < -0.39 is 0 Å². The van der Waals surface area contributed by atoms with Gasteiger partial charge >= 0.3 is 0 Å². The highest BCUT2D eigenvalue weighted by atomic mass is 32.1. The van der Waals surface area contributed by atoms with Gasteiger partial charge in [-0.05, 0) is 19.8 Å². The number of thiazole rings is 1. The van der Waals surface area contributed by atoms with Crippen molar-refractivity contribution >= 4 is 23.2 Å². The number of aromatic nitrogens is 1. The predicted octanol–water partition coefficient (Wildman–Crippen LogP) is 1.76. The van der Waals surface area contributed by atoms with Gasteiger partial charge in [-0.2, -0.15) is 0 Å². The van der Waals surface area contributed by atoms with Gasteiger partial charge in [-0.25, -0.2) is 4.98 Å². The number of guanidine groups is 1. The van der Waals surface area contributed by atoms with E-state index in [1.54, 1.807) is 18.4 Å². The van der Waals surface area contributed by atoms with E-state index in [-0.39, 0.29) is 11.8 Å². The van der Waals surface area contributed by atoms with Gasteiger partial charge in [-0.3, -0.25) is 9.79 Å². The third-order valence-electron chi connectivity index (χ3n) is 3.94. The molecule has 0 aromatic carbocycles. The molecule has 1 aromatic heterocycles. The Bertz CT molecular complexity index is 546. The fraction of sp³-hybridized carbons (Fsp3) is 0.688. The lowest BCUT2D eigenvalue weighted by Gasteiger charge is -2.34. The van der Waals surface area contributed by atoms with Gasteiger partial charge < -0.3 is 15.5 Å². The minimum Gasteiger partial charge on any atom is -0.354 e. The Morgan fingerprint density at radius 2 is 2.17 bits per heavy atom. The third-order valence-corrected chi connectivity index (χ3v) is 4.85. The number of rotatable bonds is 4. The number of nitrogens with one attached hydrogen (secondary N) is 2. The van der Waals surface area contributed by atoms with Gasteiger partial charge in [0.15, 0.2) is 5.96 Å². The van der Waals surface area contributed by atoms with Crippen molar-refractivity contribution in [1.82, 2.24) is 20.5 Å². The number of piperidine rings is 1. The van der Waals surface area contributed by atoms with E-state index in [0.29, 0.717) is 12.6 Å². The lowest BCUT2D eigenvalue weighted by atomic mass is 10.0. The number of carbonyl (C=O) groups excluding carboxylic acids is 1. The van der Waals surface area contributed by atoms with Gasteiger partial charge in [0.25, 0.3) is 0 Å². The SMILES string of the molecule is CN=C(NCc1ncc(C)s1)NC1CCN(C(=O)C(C)C)CC1. The summed E-state index contributed by atoms with van der Waals surface area (Å²) in [5.41, 5.74) is 0. The van der Waals surface area contributed by atoms with E-state index in [1.807, 2.05) is 24.9 Å². The number of likely N-dealkylation sites (tertiary alicyclic amines) is 1. The van der Waals surface area contributed by atoms with Crippen LogP contribution in [0.1, 0.15) is 36.6 Å². The number of amides is 1. The highest BCUT2D eigenvalue weighted by Gasteiger charge is 2.24. The summed E-state index contributed by atoms with van der Waals surface area (Å²) in [6, 6.07) is 0.357. The van der Waals surface area contributed by atoms with Crippen LogP contribution in [0.15, 0.2) is 11.2 Å². The Morgan fingerprint density at radius 1 is 1.48 bits per heavy atom. The van der Waals surface area contributed by atoms with E-state index in [2.05, 4.69) is 27.5 Å². The van der Waals surface area contributed by atoms with E-state index in [1.165, 1.54) is 4.88 Å². The maximum atomic E-state index is 12.0. The summed E-state index contributed by atoms with van der Waals surface area (Å²) < 4.78 is 0. The molecule has 0 bridgehead atoms. The van der Waals surface area contributed by atoms with Gasteiger partial charge in [0, 0.05) is 43.2 Å². The molecular formula is C16H27N5OS. The highest BCUT2D eigenvalue weighted by Crippen LogP contribution is 2.13. The van der Waals surface area contributed by atoms with Gasteiger partial charge in [-0.1, -0.05) is 13.8 Å². The van der Waals surface area contributed by atoms with Crippen LogP contribution in [0.25, 0.3) is 0 Å². The van der Waals surface area contributed by atoms with Gasteiger partial charge in [0.2, 0.25) is 5.91 Å². The first-order valence-electron chi connectivity index (χ1n) is 8.17. The molecule has 6 nitrogen and oxygen atoms in total. The van der Waals surface area contributed by atoms with E-state index in [0.717, 1.165) is 36.9 Å². The standard InChI is InChI=1S/C16H27N5OS/c1-11(2)15(22)21-7-5-13(6-8-21)20-16(17-4)19-10-14-18-9-12(3)23-14/h9,11,13H,5-8,10H2,1-4H3,(H2,17,19,20). The minimum absolute atomic E-state index is 0.0793. The summed E-state index contributed by atoms with van der Waals surface area (Å²) in [5.74, 6) is 1.13. The average molecular weight is 337 g/mol. The molecule has 0 unspecified atom stereocenters. The normalized spacial score (nSPS) is 16.7. The lowest BCUT2D eigenvalue weighted by Crippen LogP contribution is -2.50. The van der Waals surface area contributed by atoms with Crippen LogP contribution in [-0.2, 0) is 11.3 Å². The lowest BCUT2D eigenvalue weighted by molar-refractivity contribution is -0.135. The molecule has 0 aliphatic carbocycles. The molecule has 1 amide bonds. The first kappa shape index (κ1) is 17.7. The van der Waals surface area contributed by atoms with Crippen LogP contribution in [0.3, 0.4) is 0 Å². The Hall–Kier alpha value is -1.63. The summed E-state index contributed by atoms with van der Waals surface area (Å²) in [6.45, 7) is 8.29. The van der Waals surface area contributed by atoms with Gasteiger partial charge in [0.05, 0.1) is 6.54 Å². The molecule has 1 aliphatic rings. The number of nitrogens with zero attached hydrogens (tertiary/aromatic N) is 3. The van der Waals surface area contributed by atoms with E-state index >= 15 is 0 Å². The number of hydrogen-bond donors (Lipinski definition) is 2. The molecule has 2 rings (SSSR count). The molecule has 0 spiro atoms. The second-order valence-corrected chi connectivity index (χ2v) is 7.51. The molecule has 1 saturated heterocycles. The molecule has 1 aromatic rings. The molecular weight excluding hydrogens is 310 g/mol. The largest absolute Gasteiger partial charge is 0.354 e. The van der Waals surface area contributed by atoms with Gasteiger partial charge in [0.1, 0.15) is 5.01 Å². The van der Waals surface area contributed by atoms with Crippen LogP contribution >= 0.6 is 11.3 Å². The topological polar surface area (TPSA) is 69.6 Å². The van der Waals surface area contributed by atoms with Crippen molar-refractivity contribution in [2.75, 3.05) is 20.1 Å². The quantitative estimate of drug-likeness (QED) is 0.649. The zero-order valence-corrected chi connectivity index (χ0v) is 15.2. The summed E-state index contributed by atoms with van der Waals surface area (Å²) in [5, 5.41) is 7.81. The molecule has 2 N–H and O–H groups in total. The number of carbonyl (C=O) groups is 1. The highest BCUT2D eigenvalue weighted by molar-refractivity contribution is 7.11. The molecule has 0 radical (unpaired) electrons. The Kier molecular flexibility index (Phi) is 6.38. The first-order chi connectivity index (χ1) is 11.0. The van der Waals surface area contributed by atoms with Crippen LogP contribution in [0.4, 0.5) is 0 Å². The Morgan fingerprint density at radius 3 is 2.70 bits per heavy atom. The van der Waals surface area contributed by atoms with Crippen molar-refractivity contribution in [2.24, 2.45) is 10.9 Å². The van der Waals surface area contributed by atoms with Crippen LogP contribution in [0.5, 0.6) is 0 Å². The third kappa shape index (κ3) is 5.20. The summed E-state index contributed by atoms with van der Waals surface area (Å²) in [6.07, 6.45) is 3.80. The number of aryl methyl sites for hydroxylation is 1.